The second-order valence-corrected chi connectivity index (χ2v) is 9.42. The van der Waals surface area contributed by atoms with Crippen LogP contribution in [0, 0.1) is 5.92 Å². The van der Waals surface area contributed by atoms with Gasteiger partial charge in [0, 0.05) is 25.6 Å². The number of hydrogen-bond acceptors (Lipinski definition) is 4. The molecule has 0 bridgehead atoms. The average molecular weight is 449 g/mol. The van der Waals surface area contributed by atoms with E-state index >= 15 is 0 Å². The minimum atomic E-state index is -0.488. The van der Waals surface area contributed by atoms with Gasteiger partial charge in [0.2, 0.25) is 11.8 Å². The standard InChI is InChI=1S/C27H32N2O4/c30-25(28-19-20-6-2-1-3-7-20)21-10-14-29(15-11-21)26(31)27(12-4-5-13-27)22-8-9-23-24(18-22)33-17-16-32-23/h1-3,6-9,18,21H,4-5,10-17,19H2,(H,28,30). The Labute approximate surface area is 195 Å². The maximum atomic E-state index is 13.8. The summed E-state index contributed by atoms with van der Waals surface area (Å²) in [7, 11) is 0. The number of ether oxygens (including phenoxy) is 2. The van der Waals surface area contributed by atoms with Crippen LogP contribution in [0.2, 0.25) is 0 Å². The highest BCUT2D eigenvalue weighted by atomic mass is 16.6. The van der Waals surface area contributed by atoms with Gasteiger partial charge in [-0.15, -0.1) is 0 Å². The molecule has 6 heteroatoms. The number of benzene rings is 2. The van der Waals surface area contributed by atoms with Gasteiger partial charge < -0.3 is 19.7 Å². The highest BCUT2D eigenvalue weighted by molar-refractivity contribution is 5.89. The van der Waals surface area contributed by atoms with Crippen molar-refractivity contribution in [2.75, 3.05) is 26.3 Å². The highest BCUT2D eigenvalue weighted by Gasteiger charge is 2.46. The van der Waals surface area contributed by atoms with Crippen LogP contribution in [-0.2, 0) is 21.5 Å². The molecule has 2 heterocycles. The molecule has 1 saturated carbocycles. The van der Waals surface area contributed by atoms with Gasteiger partial charge >= 0.3 is 0 Å². The fourth-order valence-corrected chi connectivity index (χ4v) is 5.52. The summed E-state index contributed by atoms with van der Waals surface area (Å²) in [6, 6.07) is 16.0. The van der Waals surface area contributed by atoms with Crippen LogP contribution in [0.1, 0.15) is 49.7 Å². The van der Waals surface area contributed by atoms with Crippen molar-refractivity contribution < 1.29 is 19.1 Å². The zero-order chi connectivity index (χ0) is 22.7. The number of amides is 2. The van der Waals surface area contributed by atoms with Crippen molar-refractivity contribution in [3.8, 4) is 11.5 Å². The molecular formula is C27H32N2O4. The lowest BCUT2D eigenvalue weighted by Crippen LogP contribution is -2.50. The fraction of sp³-hybridized carbons (Fsp3) is 0.481. The summed E-state index contributed by atoms with van der Waals surface area (Å²) in [5.41, 5.74) is 1.65. The van der Waals surface area contributed by atoms with Gasteiger partial charge in [-0.25, -0.2) is 0 Å². The minimum Gasteiger partial charge on any atom is -0.486 e. The largest absolute Gasteiger partial charge is 0.486 e. The van der Waals surface area contributed by atoms with Crippen molar-refractivity contribution in [1.29, 1.82) is 0 Å². The van der Waals surface area contributed by atoms with Crippen LogP contribution >= 0.6 is 0 Å². The SMILES string of the molecule is O=C(NCc1ccccc1)C1CCN(C(=O)C2(c3ccc4c(c3)OCCO4)CCCC2)CC1. The van der Waals surface area contributed by atoms with Crippen molar-refractivity contribution in [1.82, 2.24) is 10.2 Å². The molecule has 0 radical (unpaired) electrons. The third kappa shape index (κ3) is 4.43. The molecule has 2 aliphatic heterocycles. The van der Waals surface area contributed by atoms with E-state index in [4.69, 9.17) is 9.47 Å². The van der Waals surface area contributed by atoms with E-state index in [9.17, 15) is 9.59 Å². The van der Waals surface area contributed by atoms with Gasteiger partial charge in [0.05, 0.1) is 5.41 Å². The van der Waals surface area contributed by atoms with Gasteiger partial charge in [0.25, 0.3) is 0 Å². The summed E-state index contributed by atoms with van der Waals surface area (Å²) in [4.78, 5) is 28.5. The monoisotopic (exact) mass is 448 g/mol. The Balaban J connectivity index is 1.23. The van der Waals surface area contributed by atoms with Gasteiger partial charge in [-0.2, -0.15) is 0 Å². The van der Waals surface area contributed by atoms with Crippen LogP contribution in [0.25, 0.3) is 0 Å². The van der Waals surface area contributed by atoms with Crippen LogP contribution in [-0.4, -0.2) is 43.0 Å². The first-order chi connectivity index (χ1) is 16.2. The third-order valence-corrected chi connectivity index (χ3v) is 7.42. The summed E-state index contributed by atoms with van der Waals surface area (Å²) in [5.74, 6) is 1.76. The van der Waals surface area contributed by atoms with Gasteiger partial charge in [0.15, 0.2) is 11.5 Å². The number of hydrogen-bond donors (Lipinski definition) is 1. The average Bonchev–Trinajstić information content (AvgIpc) is 3.38. The number of fused-ring (bicyclic) bond motifs is 1. The summed E-state index contributed by atoms with van der Waals surface area (Å²) in [5, 5.41) is 3.06. The number of carbonyl (C=O) groups is 2. The predicted octanol–water partition coefficient (Wildman–Crippen LogP) is 3.82. The second kappa shape index (κ2) is 9.46. The molecule has 2 amide bonds. The van der Waals surface area contributed by atoms with Crippen molar-refractivity contribution >= 4 is 11.8 Å². The molecule has 1 saturated heterocycles. The second-order valence-electron chi connectivity index (χ2n) is 9.42. The first-order valence-corrected chi connectivity index (χ1v) is 12.2. The van der Waals surface area contributed by atoms with Gasteiger partial charge in [-0.1, -0.05) is 49.2 Å². The fourth-order valence-electron chi connectivity index (χ4n) is 5.52. The quantitative estimate of drug-likeness (QED) is 0.755. The minimum absolute atomic E-state index is 0.0356. The number of nitrogens with zero attached hydrogens (tertiary/aromatic N) is 1. The first kappa shape index (κ1) is 21.8. The van der Waals surface area contributed by atoms with Gasteiger partial charge in [-0.3, -0.25) is 9.59 Å². The lowest BCUT2D eigenvalue weighted by Gasteiger charge is -2.38. The van der Waals surface area contributed by atoms with Crippen molar-refractivity contribution in [3.63, 3.8) is 0 Å². The molecule has 0 unspecified atom stereocenters. The summed E-state index contributed by atoms with van der Waals surface area (Å²) in [6.45, 7) is 2.91. The predicted molar refractivity (Wildman–Crippen MR) is 125 cm³/mol. The molecule has 174 valence electrons. The molecule has 1 aliphatic carbocycles. The van der Waals surface area contributed by atoms with Crippen LogP contribution in [0.3, 0.4) is 0 Å². The van der Waals surface area contributed by atoms with E-state index in [0.717, 1.165) is 48.3 Å². The maximum absolute atomic E-state index is 13.8. The normalized spacial score (nSPS) is 19.8. The Hall–Kier alpha value is -3.02. The molecule has 2 aromatic carbocycles. The molecule has 0 atom stereocenters. The Morgan fingerprint density at radius 2 is 1.64 bits per heavy atom. The Bertz CT molecular complexity index is 992. The van der Waals surface area contributed by atoms with E-state index in [1.165, 1.54) is 0 Å². The molecular weight excluding hydrogens is 416 g/mol. The highest BCUT2D eigenvalue weighted by Crippen LogP contribution is 2.45. The van der Waals surface area contributed by atoms with E-state index in [1.807, 2.05) is 53.4 Å². The van der Waals surface area contributed by atoms with E-state index in [1.54, 1.807) is 0 Å². The molecule has 2 aromatic rings. The van der Waals surface area contributed by atoms with Crippen molar-refractivity contribution in [2.45, 2.75) is 50.5 Å². The van der Waals surface area contributed by atoms with Crippen LogP contribution in [0.4, 0.5) is 0 Å². The summed E-state index contributed by atoms with van der Waals surface area (Å²) < 4.78 is 11.5. The number of rotatable bonds is 5. The summed E-state index contributed by atoms with van der Waals surface area (Å²) >= 11 is 0. The zero-order valence-electron chi connectivity index (χ0n) is 19.1. The lowest BCUT2D eigenvalue weighted by molar-refractivity contribution is -0.140. The molecule has 6 nitrogen and oxygen atoms in total. The van der Waals surface area contributed by atoms with E-state index in [-0.39, 0.29) is 17.7 Å². The zero-order valence-corrected chi connectivity index (χ0v) is 19.1. The number of nitrogens with one attached hydrogen (secondary N) is 1. The first-order valence-electron chi connectivity index (χ1n) is 12.2. The van der Waals surface area contributed by atoms with Crippen LogP contribution < -0.4 is 14.8 Å². The van der Waals surface area contributed by atoms with Crippen molar-refractivity contribution in [2.24, 2.45) is 5.92 Å². The third-order valence-electron chi connectivity index (χ3n) is 7.42. The lowest BCUT2D eigenvalue weighted by atomic mass is 9.76. The maximum Gasteiger partial charge on any atom is 0.233 e. The van der Waals surface area contributed by atoms with Gasteiger partial charge in [-0.05, 0) is 48.9 Å². The molecule has 33 heavy (non-hydrogen) atoms. The Morgan fingerprint density at radius 3 is 2.36 bits per heavy atom. The van der Waals surface area contributed by atoms with E-state index in [0.29, 0.717) is 45.7 Å². The molecule has 5 rings (SSSR count). The Morgan fingerprint density at radius 1 is 0.939 bits per heavy atom. The summed E-state index contributed by atoms with van der Waals surface area (Å²) in [6.07, 6.45) is 5.26. The molecule has 3 aliphatic rings. The Kier molecular flexibility index (Phi) is 6.25. The van der Waals surface area contributed by atoms with Crippen LogP contribution in [0.5, 0.6) is 11.5 Å². The van der Waals surface area contributed by atoms with Crippen molar-refractivity contribution in [3.05, 3.63) is 59.7 Å². The van der Waals surface area contributed by atoms with E-state index in [2.05, 4.69) is 5.32 Å². The van der Waals surface area contributed by atoms with Gasteiger partial charge in [0.1, 0.15) is 13.2 Å². The molecule has 1 N–H and O–H groups in total. The van der Waals surface area contributed by atoms with Crippen LogP contribution in [0.15, 0.2) is 48.5 Å². The number of carbonyl (C=O) groups excluding carboxylic acids is 2. The molecule has 0 spiro atoms. The molecule has 2 fully saturated rings. The molecule has 0 aromatic heterocycles. The van der Waals surface area contributed by atoms with E-state index < -0.39 is 5.41 Å². The number of likely N-dealkylation sites (tertiary alicyclic amines) is 1. The topological polar surface area (TPSA) is 67.9 Å². The number of piperidine rings is 1. The smallest absolute Gasteiger partial charge is 0.233 e.